The fraction of sp³-hybridized carbons (Fsp3) is 0.333. The topological polar surface area (TPSA) is 77.1 Å². The van der Waals surface area contributed by atoms with Gasteiger partial charge in [-0.15, -0.1) is 10.2 Å². The van der Waals surface area contributed by atoms with Gasteiger partial charge in [-0.1, -0.05) is 0 Å². The molecule has 0 aliphatic carbocycles. The summed E-state index contributed by atoms with van der Waals surface area (Å²) >= 11 is 0. The summed E-state index contributed by atoms with van der Waals surface area (Å²) < 4.78 is 1.68. The number of nitrogens with zero attached hydrogens (tertiary/aromatic N) is 5. The van der Waals surface area contributed by atoms with E-state index in [0.717, 1.165) is 18.8 Å². The van der Waals surface area contributed by atoms with Crippen molar-refractivity contribution in [3.05, 3.63) is 41.0 Å². The van der Waals surface area contributed by atoms with Crippen LogP contribution in [0.1, 0.15) is 13.8 Å². The Morgan fingerprint density at radius 1 is 1.26 bits per heavy atom. The first kappa shape index (κ1) is 13.0. The number of hydrogen-bond donors (Lipinski definition) is 0. The van der Waals surface area contributed by atoms with Crippen LogP contribution in [0.3, 0.4) is 0 Å². The van der Waals surface area contributed by atoms with E-state index in [2.05, 4.69) is 15.1 Å². The van der Waals surface area contributed by atoms with Gasteiger partial charge in [-0.25, -0.2) is 0 Å². The van der Waals surface area contributed by atoms with Crippen LogP contribution in [0.2, 0.25) is 0 Å². The Morgan fingerprint density at radius 3 is 2.42 bits per heavy atom. The Hall–Kier alpha value is -2.44. The molecule has 0 bridgehead atoms. The van der Waals surface area contributed by atoms with E-state index < -0.39 is 4.92 Å². The third kappa shape index (κ3) is 2.54. The molecule has 0 N–H and O–H groups in total. The second-order valence-electron chi connectivity index (χ2n) is 3.97. The van der Waals surface area contributed by atoms with Gasteiger partial charge in [-0.3, -0.25) is 14.7 Å². The third-order valence-corrected chi connectivity index (χ3v) is 2.97. The number of nitro groups is 1. The van der Waals surface area contributed by atoms with Crippen LogP contribution in [0, 0.1) is 10.1 Å². The van der Waals surface area contributed by atoms with Gasteiger partial charge in [0.25, 0.3) is 5.69 Å². The lowest BCUT2D eigenvalue weighted by molar-refractivity contribution is -0.384. The van der Waals surface area contributed by atoms with E-state index in [4.69, 9.17) is 0 Å². The molecule has 100 valence electrons. The Kier molecular flexibility index (Phi) is 3.74. The molecule has 7 nitrogen and oxygen atoms in total. The van der Waals surface area contributed by atoms with Crippen molar-refractivity contribution >= 4 is 11.4 Å². The zero-order valence-electron chi connectivity index (χ0n) is 10.9. The van der Waals surface area contributed by atoms with Crippen molar-refractivity contribution in [3.63, 3.8) is 0 Å². The van der Waals surface area contributed by atoms with E-state index in [1.165, 1.54) is 24.8 Å². The second kappa shape index (κ2) is 5.47. The van der Waals surface area contributed by atoms with Gasteiger partial charge in [-0.05, 0) is 19.9 Å². The van der Waals surface area contributed by atoms with Crippen molar-refractivity contribution in [2.75, 3.05) is 18.0 Å². The predicted octanol–water partition coefficient (Wildman–Crippen LogP) is 2.02. The number of anilines is 1. The second-order valence-corrected chi connectivity index (χ2v) is 3.97. The zero-order chi connectivity index (χ0) is 13.8. The zero-order valence-corrected chi connectivity index (χ0v) is 10.9. The number of benzene rings is 1. The maximum absolute atomic E-state index is 10.9. The number of aromatic nitrogens is 3. The Balaban J connectivity index is 2.57. The van der Waals surface area contributed by atoms with E-state index in [0.29, 0.717) is 5.69 Å². The van der Waals surface area contributed by atoms with Crippen molar-refractivity contribution in [1.82, 2.24) is 14.8 Å². The number of non-ortho nitro benzene ring substituents is 1. The average molecular weight is 261 g/mol. The predicted molar refractivity (Wildman–Crippen MR) is 71.6 cm³/mol. The molecule has 0 atom stereocenters. The van der Waals surface area contributed by atoms with Gasteiger partial charge in [0.15, 0.2) is 0 Å². The van der Waals surface area contributed by atoms with Crippen molar-refractivity contribution in [3.8, 4) is 5.69 Å². The molecule has 0 saturated heterocycles. The molecular weight excluding hydrogens is 246 g/mol. The minimum absolute atomic E-state index is 0.0552. The van der Waals surface area contributed by atoms with Crippen molar-refractivity contribution in [2.45, 2.75) is 13.8 Å². The molecule has 1 heterocycles. The van der Waals surface area contributed by atoms with E-state index in [1.54, 1.807) is 10.6 Å². The first-order valence-corrected chi connectivity index (χ1v) is 6.05. The Morgan fingerprint density at radius 2 is 1.89 bits per heavy atom. The quantitative estimate of drug-likeness (QED) is 0.608. The number of rotatable bonds is 5. The van der Waals surface area contributed by atoms with Crippen LogP contribution in [0.25, 0.3) is 5.69 Å². The highest BCUT2D eigenvalue weighted by Crippen LogP contribution is 2.28. The van der Waals surface area contributed by atoms with Crippen molar-refractivity contribution < 1.29 is 4.92 Å². The number of hydrogen-bond acceptors (Lipinski definition) is 5. The summed E-state index contributed by atoms with van der Waals surface area (Å²) in [5, 5.41) is 18.4. The molecule has 0 aliphatic rings. The summed E-state index contributed by atoms with van der Waals surface area (Å²) in [7, 11) is 0. The molecule has 2 aromatic rings. The van der Waals surface area contributed by atoms with Gasteiger partial charge in [0.1, 0.15) is 12.7 Å². The van der Waals surface area contributed by atoms with Crippen LogP contribution < -0.4 is 4.90 Å². The smallest absolute Gasteiger partial charge is 0.271 e. The molecule has 0 saturated carbocycles. The lowest BCUT2D eigenvalue weighted by Crippen LogP contribution is -2.23. The van der Waals surface area contributed by atoms with Crippen LogP contribution in [-0.2, 0) is 0 Å². The number of nitro benzene ring substituents is 1. The lowest BCUT2D eigenvalue weighted by atomic mass is 10.2. The van der Waals surface area contributed by atoms with Crippen LogP contribution in [-0.4, -0.2) is 32.8 Å². The van der Waals surface area contributed by atoms with Gasteiger partial charge < -0.3 is 4.90 Å². The molecule has 0 fully saturated rings. The average Bonchev–Trinajstić information content (AvgIpc) is 2.94. The fourth-order valence-electron chi connectivity index (χ4n) is 1.99. The summed E-state index contributed by atoms with van der Waals surface area (Å²) in [6.45, 7) is 5.73. The highest BCUT2D eigenvalue weighted by atomic mass is 16.6. The molecule has 0 amide bonds. The first-order chi connectivity index (χ1) is 9.17. The molecular formula is C12H15N5O2. The van der Waals surface area contributed by atoms with Crippen LogP contribution >= 0.6 is 0 Å². The van der Waals surface area contributed by atoms with Gasteiger partial charge in [0.2, 0.25) is 0 Å². The van der Waals surface area contributed by atoms with Gasteiger partial charge in [-0.2, -0.15) is 0 Å². The standard InChI is InChI=1S/C12H15N5O2/c1-3-15(4-2)11-6-5-10(17(18)19)7-12(11)16-8-13-14-9-16/h5-9H,3-4H2,1-2H3. The highest BCUT2D eigenvalue weighted by Gasteiger charge is 2.15. The maximum atomic E-state index is 10.9. The van der Waals surface area contributed by atoms with Gasteiger partial charge in [0.05, 0.1) is 16.3 Å². The minimum atomic E-state index is -0.403. The normalized spacial score (nSPS) is 10.4. The van der Waals surface area contributed by atoms with Crippen LogP contribution in [0.4, 0.5) is 11.4 Å². The van der Waals surface area contributed by atoms with E-state index in [1.807, 2.05) is 13.8 Å². The first-order valence-electron chi connectivity index (χ1n) is 6.05. The monoisotopic (exact) mass is 261 g/mol. The van der Waals surface area contributed by atoms with Crippen LogP contribution in [0.15, 0.2) is 30.9 Å². The minimum Gasteiger partial charge on any atom is -0.370 e. The summed E-state index contributed by atoms with van der Waals surface area (Å²) in [6, 6.07) is 4.82. The van der Waals surface area contributed by atoms with Crippen molar-refractivity contribution in [2.24, 2.45) is 0 Å². The largest absolute Gasteiger partial charge is 0.370 e. The van der Waals surface area contributed by atoms with Gasteiger partial charge in [0, 0.05) is 25.2 Å². The van der Waals surface area contributed by atoms with E-state index >= 15 is 0 Å². The molecule has 2 rings (SSSR count). The molecule has 1 aromatic heterocycles. The molecule has 7 heteroatoms. The Bertz CT molecular complexity index is 564. The molecule has 19 heavy (non-hydrogen) atoms. The van der Waals surface area contributed by atoms with Crippen molar-refractivity contribution in [1.29, 1.82) is 0 Å². The van der Waals surface area contributed by atoms with Crippen LogP contribution in [0.5, 0.6) is 0 Å². The van der Waals surface area contributed by atoms with E-state index in [-0.39, 0.29) is 5.69 Å². The molecule has 0 radical (unpaired) electrons. The maximum Gasteiger partial charge on any atom is 0.271 e. The molecule has 1 aromatic carbocycles. The Labute approximate surface area is 110 Å². The molecule has 0 aliphatic heterocycles. The van der Waals surface area contributed by atoms with Gasteiger partial charge >= 0.3 is 0 Å². The lowest BCUT2D eigenvalue weighted by Gasteiger charge is -2.23. The summed E-state index contributed by atoms with van der Waals surface area (Å²) in [6.07, 6.45) is 3.07. The fourth-order valence-corrected chi connectivity index (χ4v) is 1.99. The summed E-state index contributed by atoms with van der Waals surface area (Å²) in [4.78, 5) is 12.6. The third-order valence-electron chi connectivity index (χ3n) is 2.97. The summed E-state index contributed by atoms with van der Waals surface area (Å²) in [5.41, 5.74) is 1.69. The molecule has 0 unspecified atom stereocenters. The summed E-state index contributed by atoms with van der Waals surface area (Å²) in [5.74, 6) is 0. The SMILES string of the molecule is CCN(CC)c1ccc([N+](=O)[O-])cc1-n1cnnc1. The highest BCUT2D eigenvalue weighted by molar-refractivity contribution is 5.66. The molecule has 0 spiro atoms. The van der Waals surface area contributed by atoms with E-state index in [9.17, 15) is 10.1 Å².